The van der Waals surface area contributed by atoms with Gasteiger partial charge in [-0.05, 0) is 50.0 Å². The average molecular weight is 306 g/mol. The summed E-state index contributed by atoms with van der Waals surface area (Å²) in [6.07, 6.45) is 9.01. The van der Waals surface area contributed by atoms with E-state index in [2.05, 4.69) is 27.7 Å². The predicted molar refractivity (Wildman–Crippen MR) is 87.6 cm³/mol. The lowest BCUT2D eigenvalue weighted by atomic mass is 10.1. The number of unbranched alkanes of at least 4 members (excludes halogenated alkanes) is 2. The Morgan fingerprint density at radius 3 is 3.00 bits per heavy atom. The highest BCUT2D eigenvalue weighted by atomic mass is 32.1. The molecule has 3 heterocycles. The Bertz CT molecular complexity index is 446. The number of hydrogen-bond donors (Lipinski definition) is 1. The van der Waals surface area contributed by atoms with E-state index in [1.807, 2.05) is 11.3 Å². The quantitative estimate of drug-likeness (QED) is 0.819. The minimum atomic E-state index is 0.375. The Labute approximate surface area is 131 Å². The van der Waals surface area contributed by atoms with Crippen molar-refractivity contribution in [2.45, 2.75) is 63.5 Å². The van der Waals surface area contributed by atoms with Crippen LogP contribution in [0.15, 0.2) is 17.5 Å². The fourth-order valence-corrected chi connectivity index (χ4v) is 4.29. The van der Waals surface area contributed by atoms with Crippen molar-refractivity contribution in [1.29, 1.82) is 0 Å². The number of carbonyl (C=O) groups is 1. The van der Waals surface area contributed by atoms with Crippen LogP contribution in [0.25, 0.3) is 0 Å². The minimum absolute atomic E-state index is 0.375. The zero-order valence-corrected chi connectivity index (χ0v) is 13.5. The molecule has 2 aliphatic heterocycles. The first kappa shape index (κ1) is 15.0. The third-order valence-corrected chi connectivity index (χ3v) is 5.71. The lowest BCUT2D eigenvalue weighted by Crippen LogP contribution is -2.38. The Balaban J connectivity index is 1.32. The number of thiophene rings is 1. The lowest BCUT2D eigenvalue weighted by Gasteiger charge is -2.24. The predicted octanol–water partition coefficient (Wildman–Crippen LogP) is 3.20. The van der Waals surface area contributed by atoms with Crippen LogP contribution >= 0.6 is 11.3 Å². The number of nitrogens with one attached hydrogen (secondary N) is 1. The number of hydrogen-bond acceptors (Lipinski definition) is 3. The van der Waals surface area contributed by atoms with E-state index in [0.29, 0.717) is 18.0 Å². The van der Waals surface area contributed by atoms with Crippen molar-refractivity contribution in [3.8, 4) is 0 Å². The van der Waals surface area contributed by atoms with E-state index in [1.165, 1.54) is 37.0 Å². The van der Waals surface area contributed by atoms with Gasteiger partial charge in [-0.2, -0.15) is 0 Å². The summed E-state index contributed by atoms with van der Waals surface area (Å²) in [5, 5.41) is 5.78. The molecule has 2 saturated heterocycles. The number of nitrogens with zero attached hydrogens (tertiary/aromatic N) is 1. The summed E-state index contributed by atoms with van der Waals surface area (Å²) in [7, 11) is 0. The van der Waals surface area contributed by atoms with Crippen LogP contribution < -0.4 is 5.32 Å². The van der Waals surface area contributed by atoms with E-state index in [4.69, 9.17) is 0 Å². The van der Waals surface area contributed by atoms with Crippen molar-refractivity contribution >= 4 is 17.2 Å². The fourth-order valence-electron chi connectivity index (χ4n) is 3.53. The van der Waals surface area contributed by atoms with Crippen LogP contribution in [0.5, 0.6) is 0 Å². The summed E-state index contributed by atoms with van der Waals surface area (Å²) in [5.74, 6) is 0.375. The molecule has 116 valence electrons. The fraction of sp³-hybridized carbons (Fsp3) is 0.706. The Kier molecular flexibility index (Phi) is 5.31. The summed E-state index contributed by atoms with van der Waals surface area (Å²) in [6.45, 7) is 1.90. The molecule has 1 aromatic heterocycles. The van der Waals surface area contributed by atoms with Gasteiger partial charge in [-0.3, -0.25) is 4.79 Å². The highest BCUT2D eigenvalue weighted by molar-refractivity contribution is 7.09. The second kappa shape index (κ2) is 7.41. The summed E-state index contributed by atoms with van der Waals surface area (Å²) in [5.41, 5.74) is 0. The second-order valence-electron chi connectivity index (χ2n) is 6.41. The Morgan fingerprint density at radius 2 is 2.14 bits per heavy atom. The van der Waals surface area contributed by atoms with Gasteiger partial charge in [0.15, 0.2) is 0 Å². The molecule has 0 aromatic carbocycles. The summed E-state index contributed by atoms with van der Waals surface area (Å²) in [4.78, 5) is 15.9. The molecule has 1 amide bonds. The van der Waals surface area contributed by atoms with E-state index in [-0.39, 0.29) is 0 Å². The number of aryl methyl sites for hydroxylation is 1. The normalized spacial score (nSPS) is 25.0. The molecule has 2 fully saturated rings. The molecule has 0 saturated carbocycles. The van der Waals surface area contributed by atoms with Gasteiger partial charge in [0.05, 0.1) is 0 Å². The summed E-state index contributed by atoms with van der Waals surface area (Å²) >= 11 is 1.84. The molecule has 2 aliphatic rings. The van der Waals surface area contributed by atoms with E-state index >= 15 is 0 Å². The van der Waals surface area contributed by atoms with Gasteiger partial charge in [-0.15, -0.1) is 11.3 Å². The first-order valence-corrected chi connectivity index (χ1v) is 9.25. The molecule has 3 nitrogen and oxygen atoms in total. The summed E-state index contributed by atoms with van der Waals surface area (Å²) in [6, 6.07) is 5.54. The van der Waals surface area contributed by atoms with E-state index in [1.54, 1.807) is 0 Å². The van der Waals surface area contributed by atoms with Crippen molar-refractivity contribution in [2.24, 2.45) is 0 Å². The molecule has 4 heteroatoms. The molecule has 2 bridgehead atoms. The van der Waals surface area contributed by atoms with Gasteiger partial charge in [-0.25, -0.2) is 0 Å². The van der Waals surface area contributed by atoms with Gasteiger partial charge in [-0.1, -0.05) is 12.5 Å². The molecule has 1 aromatic rings. The number of rotatable bonds is 6. The van der Waals surface area contributed by atoms with Gasteiger partial charge in [0, 0.05) is 36.5 Å². The van der Waals surface area contributed by atoms with Crippen molar-refractivity contribution < 1.29 is 4.79 Å². The number of likely N-dealkylation sites (tertiary alicyclic amines) is 1. The molecular weight excluding hydrogens is 280 g/mol. The molecule has 2 atom stereocenters. The highest BCUT2D eigenvalue weighted by Gasteiger charge is 2.30. The average Bonchev–Trinajstić information content (AvgIpc) is 3.08. The van der Waals surface area contributed by atoms with Crippen LogP contribution in [-0.2, 0) is 11.2 Å². The maximum absolute atomic E-state index is 12.3. The highest BCUT2D eigenvalue weighted by Crippen LogP contribution is 2.21. The first-order chi connectivity index (χ1) is 10.3. The lowest BCUT2D eigenvalue weighted by molar-refractivity contribution is -0.131. The molecule has 0 radical (unpaired) electrons. The van der Waals surface area contributed by atoms with Gasteiger partial charge in [0.2, 0.25) is 5.91 Å². The van der Waals surface area contributed by atoms with Crippen molar-refractivity contribution in [2.75, 3.05) is 13.1 Å². The minimum Gasteiger partial charge on any atom is -0.341 e. The number of fused-ring (bicyclic) bond motifs is 2. The molecule has 2 unspecified atom stereocenters. The van der Waals surface area contributed by atoms with Gasteiger partial charge in [0.1, 0.15) is 0 Å². The van der Waals surface area contributed by atoms with Crippen LogP contribution in [0.4, 0.5) is 0 Å². The van der Waals surface area contributed by atoms with Crippen LogP contribution in [0.2, 0.25) is 0 Å². The number of amides is 1. The van der Waals surface area contributed by atoms with E-state index in [9.17, 15) is 4.79 Å². The van der Waals surface area contributed by atoms with E-state index in [0.717, 1.165) is 32.4 Å². The third-order valence-electron chi connectivity index (χ3n) is 4.77. The van der Waals surface area contributed by atoms with Gasteiger partial charge in [0.25, 0.3) is 0 Å². The molecule has 0 spiro atoms. The van der Waals surface area contributed by atoms with Crippen LogP contribution in [0.3, 0.4) is 0 Å². The molecule has 3 rings (SSSR count). The molecular formula is C17H26N2OS. The summed E-state index contributed by atoms with van der Waals surface area (Å²) < 4.78 is 0. The molecule has 1 N–H and O–H groups in total. The topological polar surface area (TPSA) is 32.3 Å². The Morgan fingerprint density at radius 1 is 1.24 bits per heavy atom. The van der Waals surface area contributed by atoms with Crippen LogP contribution in [0.1, 0.15) is 49.8 Å². The SMILES string of the molecule is O=C(CCCCCc1cccs1)N1CCC2CCC(C1)N2. The van der Waals surface area contributed by atoms with Crippen LogP contribution in [-0.4, -0.2) is 36.0 Å². The zero-order valence-electron chi connectivity index (χ0n) is 12.7. The number of carbonyl (C=O) groups excluding carboxylic acids is 1. The van der Waals surface area contributed by atoms with E-state index < -0.39 is 0 Å². The maximum Gasteiger partial charge on any atom is 0.222 e. The third kappa shape index (κ3) is 4.30. The van der Waals surface area contributed by atoms with Crippen molar-refractivity contribution in [3.05, 3.63) is 22.4 Å². The maximum atomic E-state index is 12.3. The standard InChI is InChI=1S/C17H26N2OS/c20-17(7-3-1-2-5-16-6-4-12-21-16)19-11-10-14-8-9-15(13-19)18-14/h4,6,12,14-15,18H,1-3,5,7-11,13H2. The zero-order chi connectivity index (χ0) is 14.5. The van der Waals surface area contributed by atoms with Gasteiger partial charge < -0.3 is 10.2 Å². The van der Waals surface area contributed by atoms with Crippen molar-refractivity contribution in [3.63, 3.8) is 0 Å². The smallest absolute Gasteiger partial charge is 0.222 e. The Hall–Kier alpha value is -0.870. The monoisotopic (exact) mass is 306 g/mol. The second-order valence-corrected chi connectivity index (χ2v) is 7.44. The van der Waals surface area contributed by atoms with Crippen molar-refractivity contribution in [1.82, 2.24) is 10.2 Å². The first-order valence-electron chi connectivity index (χ1n) is 8.37. The largest absolute Gasteiger partial charge is 0.341 e. The van der Waals surface area contributed by atoms with Gasteiger partial charge >= 0.3 is 0 Å². The molecule has 0 aliphatic carbocycles. The van der Waals surface area contributed by atoms with Crippen LogP contribution in [0, 0.1) is 0 Å². The molecule has 21 heavy (non-hydrogen) atoms.